The van der Waals surface area contributed by atoms with Gasteiger partial charge in [-0.25, -0.2) is 9.78 Å². The maximum Gasteiger partial charge on any atom is 0.341 e. The molecule has 142 valence electrons. The van der Waals surface area contributed by atoms with Crippen molar-refractivity contribution >= 4 is 22.7 Å². The predicted octanol–water partition coefficient (Wildman–Crippen LogP) is 2.77. The lowest BCUT2D eigenvalue weighted by molar-refractivity contribution is 0.0525. The highest BCUT2D eigenvalue weighted by Gasteiger charge is 2.26. The standard InChI is InChI=1S/C20H24N4O3/c1-5-27-19(25)15-11-21-18-16(13(2)23-24(18)4)17(15)22-12-20(3,26)14-9-7-6-8-10-14/h6-11,26H,5,12H2,1-4H3,(H,21,22). The van der Waals surface area contributed by atoms with Gasteiger partial charge in [0.15, 0.2) is 5.65 Å². The van der Waals surface area contributed by atoms with Crippen LogP contribution in [0, 0.1) is 6.92 Å². The molecule has 0 bridgehead atoms. The normalized spacial score (nSPS) is 13.4. The van der Waals surface area contributed by atoms with Crippen molar-refractivity contribution in [1.29, 1.82) is 0 Å². The van der Waals surface area contributed by atoms with Crippen LogP contribution in [0.4, 0.5) is 5.69 Å². The molecular weight excluding hydrogens is 344 g/mol. The Bertz CT molecular complexity index is 964. The summed E-state index contributed by atoms with van der Waals surface area (Å²) in [4.78, 5) is 16.8. The summed E-state index contributed by atoms with van der Waals surface area (Å²) in [5, 5.41) is 19.3. The largest absolute Gasteiger partial charge is 0.462 e. The molecule has 0 saturated carbocycles. The van der Waals surface area contributed by atoms with Gasteiger partial charge in [0.25, 0.3) is 0 Å². The van der Waals surface area contributed by atoms with Crippen molar-refractivity contribution in [2.45, 2.75) is 26.4 Å². The van der Waals surface area contributed by atoms with Crippen LogP contribution in [0.2, 0.25) is 0 Å². The molecular formula is C20H24N4O3. The number of hydrogen-bond acceptors (Lipinski definition) is 6. The molecule has 2 heterocycles. The van der Waals surface area contributed by atoms with Gasteiger partial charge in [-0.1, -0.05) is 30.3 Å². The number of carbonyl (C=O) groups is 1. The maximum absolute atomic E-state index is 12.4. The van der Waals surface area contributed by atoms with Gasteiger partial charge in [-0.05, 0) is 26.3 Å². The molecule has 0 fully saturated rings. The molecule has 3 rings (SSSR count). The Morgan fingerprint density at radius 3 is 2.70 bits per heavy atom. The molecule has 2 N–H and O–H groups in total. The average Bonchev–Trinajstić information content (AvgIpc) is 2.95. The van der Waals surface area contributed by atoms with Crippen LogP contribution in [0.3, 0.4) is 0 Å². The number of esters is 1. The lowest BCUT2D eigenvalue weighted by atomic mass is 9.96. The Hall–Kier alpha value is -2.93. The highest BCUT2D eigenvalue weighted by atomic mass is 16.5. The van der Waals surface area contributed by atoms with Gasteiger partial charge < -0.3 is 15.2 Å². The fourth-order valence-corrected chi connectivity index (χ4v) is 3.12. The molecule has 0 radical (unpaired) electrons. The van der Waals surface area contributed by atoms with E-state index in [0.29, 0.717) is 16.9 Å². The van der Waals surface area contributed by atoms with Gasteiger partial charge in [-0.15, -0.1) is 0 Å². The van der Waals surface area contributed by atoms with Crippen LogP contribution in [0.5, 0.6) is 0 Å². The Morgan fingerprint density at radius 1 is 1.33 bits per heavy atom. The molecule has 1 unspecified atom stereocenters. The van der Waals surface area contributed by atoms with Crippen molar-refractivity contribution in [3.8, 4) is 0 Å². The minimum atomic E-state index is -1.13. The monoisotopic (exact) mass is 368 g/mol. The number of nitrogens with zero attached hydrogens (tertiary/aromatic N) is 3. The quantitative estimate of drug-likeness (QED) is 0.651. The van der Waals surface area contributed by atoms with Crippen molar-refractivity contribution in [1.82, 2.24) is 14.8 Å². The van der Waals surface area contributed by atoms with E-state index < -0.39 is 11.6 Å². The van der Waals surface area contributed by atoms with Gasteiger partial charge in [-0.2, -0.15) is 5.10 Å². The van der Waals surface area contributed by atoms with E-state index in [0.717, 1.165) is 16.6 Å². The molecule has 7 heteroatoms. The number of aliphatic hydroxyl groups is 1. The maximum atomic E-state index is 12.4. The van der Waals surface area contributed by atoms with Gasteiger partial charge in [-0.3, -0.25) is 4.68 Å². The summed E-state index contributed by atoms with van der Waals surface area (Å²) in [6.45, 7) is 5.82. The van der Waals surface area contributed by atoms with Gasteiger partial charge >= 0.3 is 5.97 Å². The average molecular weight is 368 g/mol. The number of ether oxygens (including phenoxy) is 1. The third-order valence-corrected chi connectivity index (χ3v) is 4.53. The third kappa shape index (κ3) is 3.64. The predicted molar refractivity (Wildman–Crippen MR) is 104 cm³/mol. The van der Waals surface area contributed by atoms with Crippen LogP contribution in [0.25, 0.3) is 11.0 Å². The summed E-state index contributed by atoms with van der Waals surface area (Å²) in [5.41, 5.74) is 1.95. The molecule has 27 heavy (non-hydrogen) atoms. The number of benzene rings is 1. The Morgan fingerprint density at radius 2 is 2.04 bits per heavy atom. The first-order valence-electron chi connectivity index (χ1n) is 8.86. The Kier molecular flexibility index (Phi) is 5.14. The molecule has 0 saturated heterocycles. The number of carbonyl (C=O) groups excluding carboxylic acids is 1. The summed E-state index contributed by atoms with van der Waals surface area (Å²) < 4.78 is 6.84. The molecule has 0 aliphatic carbocycles. The minimum Gasteiger partial charge on any atom is -0.462 e. The summed E-state index contributed by atoms with van der Waals surface area (Å²) in [6.07, 6.45) is 1.49. The Labute approximate surface area is 158 Å². The number of nitrogens with one attached hydrogen (secondary N) is 1. The summed E-state index contributed by atoms with van der Waals surface area (Å²) in [7, 11) is 1.80. The van der Waals surface area contributed by atoms with Crippen LogP contribution in [-0.2, 0) is 17.4 Å². The fourth-order valence-electron chi connectivity index (χ4n) is 3.12. The van der Waals surface area contributed by atoms with E-state index in [9.17, 15) is 9.90 Å². The van der Waals surface area contributed by atoms with E-state index in [1.54, 1.807) is 25.6 Å². The number of rotatable bonds is 6. The summed E-state index contributed by atoms with van der Waals surface area (Å²) in [6, 6.07) is 9.39. The molecule has 2 aromatic heterocycles. The summed E-state index contributed by atoms with van der Waals surface area (Å²) in [5.74, 6) is -0.461. The molecule has 7 nitrogen and oxygen atoms in total. The van der Waals surface area contributed by atoms with Crippen LogP contribution < -0.4 is 5.32 Å². The SMILES string of the molecule is CCOC(=O)c1cnc2c(c(C)nn2C)c1NCC(C)(O)c1ccccc1. The fraction of sp³-hybridized carbons (Fsp3) is 0.350. The van der Waals surface area contributed by atoms with Crippen molar-refractivity contribution < 1.29 is 14.6 Å². The van der Waals surface area contributed by atoms with E-state index >= 15 is 0 Å². The number of aryl methyl sites for hydroxylation is 2. The molecule has 3 aromatic rings. The van der Waals surface area contributed by atoms with Crippen molar-refractivity contribution in [2.75, 3.05) is 18.5 Å². The zero-order valence-electron chi connectivity index (χ0n) is 16.0. The first-order chi connectivity index (χ1) is 12.8. The second-order valence-electron chi connectivity index (χ2n) is 6.67. The minimum absolute atomic E-state index is 0.205. The van der Waals surface area contributed by atoms with E-state index in [1.807, 2.05) is 37.3 Å². The van der Waals surface area contributed by atoms with Crippen LogP contribution >= 0.6 is 0 Å². The number of anilines is 1. The summed E-state index contributed by atoms with van der Waals surface area (Å²) >= 11 is 0. The van der Waals surface area contributed by atoms with Gasteiger partial charge in [0, 0.05) is 19.8 Å². The molecule has 0 aliphatic heterocycles. The van der Waals surface area contributed by atoms with Crippen molar-refractivity contribution in [2.24, 2.45) is 7.05 Å². The van der Waals surface area contributed by atoms with Crippen LogP contribution in [0.15, 0.2) is 36.5 Å². The number of fused-ring (bicyclic) bond motifs is 1. The van der Waals surface area contributed by atoms with Crippen molar-refractivity contribution in [3.63, 3.8) is 0 Å². The van der Waals surface area contributed by atoms with Gasteiger partial charge in [0.1, 0.15) is 11.2 Å². The third-order valence-electron chi connectivity index (χ3n) is 4.53. The second kappa shape index (κ2) is 7.36. The topological polar surface area (TPSA) is 89.3 Å². The smallest absolute Gasteiger partial charge is 0.341 e. The number of aromatic nitrogens is 3. The van der Waals surface area contributed by atoms with Crippen LogP contribution in [0.1, 0.15) is 35.5 Å². The molecule has 0 aliphatic rings. The molecule has 1 atom stereocenters. The van der Waals surface area contributed by atoms with Gasteiger partial charge in [0.05, 0.1) is 23.4 Å². The number of hydrogen-bond donors (Lipinski definition) is 2. The Balaban J connectivity index is 2.03. The zero-order valence-corrected chi connectivity index (χ0v) is 16.0. The van der Waals surface area contributed by atoms with E-state index in [-0.39, 0.29) is 13.2 Å². The highest BCUT2D eigenvalue weighted by molar-refractivity contribution is 6.05. The van der Waals surface area contributed by atoms with E-state index in [2.05, 4.69) is 15.4 Å². The lowest BCUT2D eigenvalue weighted by Crippen LogP contribution is -2.31. The molecule has 0 spiro atoms. The lowest BCUT2D eigenvalue weighted by Gasteiger charge is -2.25. The van der Waals surface area contributed by atoms with Gasteiger partial charge in [0.2, 0.25) is 0 Å². The molecule has 0 amide bonds. The van der Waals surface area contributed by atoms with Crippen LogP contribution in [-0.4, -0.2) is 39.0 Å². The first kappa shape index (κ1) is 18.8. The number of pyridine rings is 1. The molecule has 1 aromatic carbocycles. The highest BCUT2D eigenvalue weighted by Crippen LogP contribution is 2.30. The second-order valence-corrected chi connectivity index (χ2v) is 6.67. The van der Waals surface area contributed by atoms with Crippen molar-refractivity contribution in [3.05, 3.63) is 53.3 Å². The van der Waals surface area contributed by atoms with E-state index in [4.69, 9.17) is 4.74 Å². The zero-order chi connectivity index (χ0) is 19.6. The van der Waals surface area contributed by atoms with E-state index in [1.165, 1.54) is 6.20 Å². The first-order valence-corrected chi connectivity index (χ1v) is 8.86.